The molecule has 0 spiro atoms. The maximum atomic E-state index is 12.3. The number of hydrogen-bond acceptors (Lipinski definition) is 2. The lowest BCUT2D eigenvalue weighted by Crippen LogP contribution is -2.62. The molecule has 0 heterocycles. The molecule has 0 aromatic carbocycles. The minimum absolute atomic E-state index is 0.553. The third kappa shape index (κ3) is 2.58. The van der Waals surface area contributed by atoms with E-state index in [4.69, 9.17) is 5.11 Å². The fraction of sp³-hybridized carbons (Fsp3) is 0.857. The van der Waals surface area contributed by atoms with Gasteiger partial charge in [-0.1, -0.05) is 0 Å². The van der Waals surface area contributed by atoms with Gasteiger partial charge in [0, 0.05) is 6.04 Å². The van der Waals surface area contributed by atoms with Gasteiger partial charge in [-0.3, -0.25) is 5.32 Å². The lowest BCUT2D eigenvalue weighted by molar-refractivity contribution is -0.207. The molecule has 0 aromatic rings. The van der Waals surface area contributed by atoms with Crippen molar-refractivity contribution in [3.63, 3.8) is 0 Å². The van der Waals surface area contributed by atoms with Crippen molar-refractivity contribution < 1.29 is 23.1 Å². The van der Waals surface area contributed by atoms with Gasteiger partial charge in [0.2, 0.25) is 5.54 Å². The van der Waals surface area contributed by atoms with Crippen molar-refractivity contribution in [1.29, 1.82) is 0 Å². The molecule has 0 saturated carbocycles. The van der Waals surface area contributed by atoms with Crippen LogP contribution in [0, 0.1) is 0 Å². The van der Waals surface area contributed by atoms with Crippen molar-refractivity contribution in [1.82, 2.24) is 5.32 Å². The minimum atomic E-state index is -4.80. The van der Waals surface area contributed by atoms with E-state index in [-0.39, 0.29) is 0 Å². The van der Waals surface area contributed by atoms with Crippen LogP contribution < -0.4 is 5.32 Å². The van der Waals surface area contributed by atoms with E-state index >= 15 is 0 Å². The number of halogens is 3. The van der Waals surface area contributed by atoms with E-state index in [1.165, 1.54) is 13.8 Å². The number of carboxylic acid groups (broad SMARTS) is 1. The summed E-state index contributed by atoms with van der Waals surface area (Å²) >= 11 is 0. The fourth-order valence-electron chi connectivity index (χ4n) is 0.842. The largest absolute Gasteiger partial charge is 0.480 e. The van der Waals surface area contributed by atoms with Gasteiger partial charge in [0.15, 0.2) is 0 Å². The highest BCUT2D eigenvalue weighted by atomic mass is 19.4. The zero-order chi connectivity index (χ0) is 10.9. The Labute approximate surface area is 73.9 Å². The van der Waals surface area contributed by atoms with Gasteiger partial charge >= 0.3 is 12.1 Å². The summed E-state index contributed by atoms with van der Waals surface area (Å²) in [5.74, 6) is -1.92. The zero-order valence-electron chi connectivity index (χ0n) is 7.57. The van der Waals surface area contributed by atoms with Crippen molar-refractivity contribution in [3.8, 4) is 0 Å². The first kappa shape index (κ1) is 12.2. The van der Waals surface area contributed by atoms with E-state index in [1.807, 2.05) is 5.32 Å². The summed E-state index contributed by atoms with van der Waals surface area (Å²) in [7, 11) is 0. The van der Waals surface area contributed by atoms with Crippen LogP contribution in [0.25, 0.3) is 0 Å². The van der Waals surface area contributed by atoms with E-state index in [0.717, 1.165) is 0 Å². The molecule has 1 unspecified atom stereocenters. The molecule has 0 bridgehead atoms. The predicted octanol–water partition coefficient (Wildman–Crippen LogP) is 1.39. The summed E-state index contributed by atoms with van der Waals surface area (Å²) in [6.45, 7) is 3.51. The number of nitrogens with one attached hydrogen (secondary N) is 1. The number of aliphatic carboxylic acids is 1. The Kier molecular flexibility index (Phi) is 3.32. The molecule has 0 radical (unpaired) electrons. The standard InChI is InChI=1S/C7H12F3NO2/c1-4(2)11-6(3,5(12)13)7(8,9)10/h4,11H,1-3H3,(H,12,13). The third-order valence-electron chi connectivity index (χ3n) is 1.57. The van der Waals surface area contributed by atoms with Crippen LogP contribution in [-0.2, 0) is 4.79 Å². The SMILES string of the molecule is CC(C)NC(C)(C(=O)O)C(F)(F)F. The third-order valence-corrected chi connectivity index (χ3v) is 1.57. The van der Waals surface area contributed by atoms with Gasteiger partial charge in [0.05, 0.1) is 0 Å². The summed E-state index contributed by atoms with van der Waals surface area (Å²) in [4.78, 5) is 10.4. The lowest BCUT2D eigenvalue weighted by Gasteiger charge is -2.30. The van der Waals surface area contributed by atoms with Crippen LogP contribution in [0.3, 0.4) is 0 Å². The quantitative estimate of drug-likeness (QED) is 0.722. The molecule has 0 amide bonds. The smallest absolute Gasteiger partial charge is 0.417 e. The van der Waals surface area contributed by atoms with Crippen LogP contribution in [-0.4, -0.2) is 28.8 Å². The van der Waals surface area contributed by atoms with Gasteiger partial charge in [-0.25, -0.2) is 4.79 Å². The first-order valence-corrected chi connectivity index (χ1v) is 3.69. The molecule has 0 aliphatic rings. The first-order chi connectivity index (χ1) is 5.61. The van der Waals surface area contributed by atoms with Gasteiger partial charge in [-0.15, -0.1) is 0 Å². The maximum absolute atomic E-state index is 12.3. The van der Waals surface area contributed by atoms with Crippen molar-refractivity contribution in [2.24, 2.45) is 0 Å². The Morgan fingerprint density at radius 2 is 1.77 bits per heavy atom. The van der Waals surface area contributed by atoms with Crippen LogP contribution in [0.5, 0.6) is 0 Å². The van der Waals surface area contributed by atoms with E-state index in [9.17, 15) is 18.0 Å². The van der Waals surface area contributed by atoms with Crippen molar-refractivity contribution in [2.75, 3.05) is 0 Å². The van der Waals surface area contributed by atoms with Crippen molar-refractivity contribution in [3.05, 3.63) is 0 Å². The average Bonchev–Trinajstić information content (AvgIpc) is 1.82. The number of alkyl halides is 3. The Balaban J connectivity index is 4.85. The number of rotatable bonds is 3. The second-order valence-electron chi connectivity index (χ2n) is 3.23. The highest BCUT2D eigenvalue weighted by molar-refractivity contribution is 5.79. The topological polar surface area (TPSA) is 49.3 Å². The van der Waals surface area contributed by atoms with Crippen LogP contribution in [0.15, 0.2) is 0 Å². The summed E-state index contributed by atoms with van der Waals surface area (Å²) in [6, 6.07) is -0.553. The van der Waals surface area contributed by atoms with E-state index in [2.05, 4.69) is 0 Å². The zero-order valence-corrected chi connectivity index (χ0v) is 7.57. The minimum Gasteiger partial charge on any atom is -0.480 e. The Bertz CT molecular complexity index is 202. The molecule has 6 heteroatoms. The molecule has 0 aliphatic carbocycles. The normalized spacial score (nSPS) is 17.2. The summed E-state index contributed by atoms with van der Waals surface area (Å²) < 4.78 is 36.8. The van der Waals surface area contributed by atoms with E-state index in [0.29, 0.717) is 6.92 Å². The Morgan fingerprint density at radius 1 is 1.38 bits per heavy atom. The Morgan fingerprint density at radius 3 is 1.85 bits per heavy atom. The molecule has 0 saturated heterocycles. The molecular formula is C7H12F3NO2. The van der Waals surface area contributed by atoms with Gasteiger partial charge in [-0.2, -0.15) is 13.2 Å². The average molecular weight is 199 g/mol. The lowest BCUT2D eigenvalue weighted by atomic mass is 10.0. The molecule has 78 valence electrons. The molecule has 13 heavy (non-hydrogen) atoms. The second-order valence-corrected chi connectivity index (χ2v) is 3.23. The fourth-order valence-corrected chi connectivity index (χ4v) is 0.842. The molecule has 1 atom stereocenters. The molecular weight excluding hydrogens is 187 g/mol. The second kappa shape index (κ2) is 3.53. The maximum Gasteiger partial charge on any atom is 0.417 e. The highest BCUT2D eigenvalue weighted by Crippen LogP contribution is 2.30. The number of carbonyl (C=O) groups is 1. The van der Waals surface area contributed by atoms with Gasteiger partial charge in [0.25, 0.3) is 0 Å². The van der Waals surface area contributed by atoms with Crippen molar-refractivity contribution >= 4 is 5.97 Å². The number of carboxylic acids is 1. The molecule has 0 fully saturated rings. The van der Waals surface area contributed by atoms with Gasteiger partial charge in [0.1, 0.15) is 0 Å². The van der Waals surface area contributed by atoms with Gasteiger partial charge < -0.3 is 5.11 Å². The van der Waals surface area contributed by atoms with E-state index in [1.54, 1.807) is 0 Å². The van der Waals surface area contributed by atoms with E-state index < -0.39 is 23.7 Å². The van der Waals surface area contributed by atoms with Crippen LogP contribution in [0.4, 0.5) is 13.2 Å². The monoisotopic (exact) mass is 199 g/mol. The molecule has 3 nitrogen and oxygen atoms in total. The molecule has 2 N–H and O–H groups in total. The van der Waals surface area contributed by atoms with Gasteiger partial charge in [-0.05, 0) is 20.8 Å². The summed E-state index contributed by atoms with van der Waals surface area (Å²) in [5.41, 5.74) is -2.87. The van der Waals surface area contributed by atoms with Crippen molar-refractivity contribution in [2.45, 2.75) is 38.5 Å². The van der Waals surface area contributed by atoms with Crippen LogP contribution >= 0.6 is 0 Å². The molecule has 0 aliphatic heterocycles. The summed E-state index contributed by atoms with van der Waals surface area (Å²) in [5, 5.41) is 10.4. The first-order valence-electron chi connectivity index (χ1n) is 3.69. The molecule has 0 rings (SSSR count). The van der Waals surface area contributed by atoms with Crippen LogP contribution in [0.1, 0.15) is 20.8 Å². The van der Waals surface area contributed by atoms with Crippen LogP contribution in [0.2, 0.25) is 0 Å². The summed E-state index contributed by atoms with van der Waals surface area (Å²) in [6.07, 6.45) is -4.80. The Hall–Kier alpha value is -0.780. The predicted molar refractivity (Wildman–Crippen MR) is 40.4 cm³/mol. The molecule has 0 aromatic heterocycles. The number of hydrogen-bond donors (Lipinski definition) is 2. The highest BCUT2D eigenvalue weighted by Gasteiger charge is 2.57.